The number of nitrogens with two attached hydrogens (primary N) is 2. The number of rotatable bonds is 9. The summed E-state index contributed by atoms with van der Waals surface area (Å²) in [5, 5.41) is 0. The highest BCUT2D eigenvalue weighted by Gasteiger charge is 1.94. The van der Waals surface area contributed by atoms with E-state index >= 15 is 0 Å². The molecule has 0 atom stereocenters. The molecule has 0 spiro atoms. The second-order valence-electron chi connectivity index (χ2n) is 3.43. The first-order chi connectivity index (χ1) is 6.77. The molecule has 0 fully saturated rings. The normalized spacial score (nSPS) is 10.1. The minimum atomic E-state index is -0.673. The van der Waals surface area contributed by atoms with Gasteiger partial charge in [-0.15, -0.1) is 0 Å². The summed E-state index contributed by atoms with van der Waals surface area (Å²) in [4.78, 5) is 10.2. The lowest BCUT2D eigenvalue weighted by Crippen LogP contribution is -2.13. The zero-order valence-electron chi connectivity index (χ0n) is 8.84. The lowest BCUT2D eigenvalue weighted by molar-refractivity contribution is 0.154. The van der Waals surface area contributed by atoms with Crippen LogP contribution in [0.25, 0.3) is 0 Å². The Labute approximate surface area is 86.0 Å². The maximum Gasteiger partial charge on any atom is 0.404 e. The SMILES string of the molecule is NCCCCCCCCCOC(N)=O. The third-order valence-electron chi connectivity index (χ3n) is 2.09. The summed E-state index contributed by atoms with van der Waals surface area (Å²) in [6.45, 7) is 1.25. The van der Waals surface area contributed by atoms with Crippen molar-refractivity contribution in [1.82, 2.24) is 0 Å². The van der Waals surface area contributed by atoms with Gasteiger partial charge in [0.15, 0.2) is 0 Å². The van der Waals surface area contributed by atoms with Crippen LogP contribution in [0, 0.1) is 0 Å². The Balaban J connectivity index is 2.88. The maximum absolute atomic E-state index is 10.2. The Hall–Kier alpha value is -0.770. The number of hydrogen-bond donors (Lipinski definition) is 2. The predicted octanol–water partition coefficient (Wildman–Crippen LogP) is 1.77. The topological polar surface area (TPSA) is 78.3 Å². The van der Waals surface area contributed by atoms with Gasteiger partial charge in [-0.3, -0.25) is 0 Å². The molecule has 0 aromatic carbocycles. The molecule has 4 nitrogen and oxygen atoms in total. The smallest absolute Gasteiger partial charge is 0.404 e. The molecule has 0 heterocycles. The average Bonchev–Trinajstić information content (AvgIpc) is 2.15. The summed E-state index contributed by atoms with van der Waals surface area (Å²) in [7, 11) is 0. The lowest BCUT2D eigenvalue weighted by Gasteiger charge is -2.01. The van der Waals surface area contributed by atoms with Crippen LogP contribution in [-0.2, 0) is 4.74 Å². The van der Waals surface area contributed by atoms with E-state index in [-0.39, 0.29) is 0 Å². The molecule has 0 saturated carbocycles. The summed E-state index contributed by atoms with van der Waals surface area (Å²) in [5.74, 6) is 0. The third-order valence-corrected chi connectivity index (χ3v) is 2.09. The number of carbonyl (C=O) groups is 1. The molecule has 0 aromatic rings. The molecule has 0 aliphatic carbocycles. The number of primary amides is 1. The van der Waals surface area contributed by atoms with Crippen molar-refractivity contribution in [3.05, 3.63) is 0 Å². The largest absolute Gasteiger partial charge is 0.450 e. The number of unbranched alkanes of at least 4 members (excludes halogenated alkanes) is 6. The van der Waals surface area contributed by atoms with Crippen molar-refractivity contribution in [3.63, 3.8) is 0 Å². The Morgan fingerprint density at radius 2 is 1.43 bits per heavy atom. The summed E-state index contributed by atoms with van der Waals surface area (Å²) in [6, 6.07) is 0. The first kappa shape index (κ1) is 13.2. The highest BCUT2D eigenvalue weighted by atomic mass is 16.5. The van der Waals surface area contributed by atoms with Gasteiger partial charge in [0.05, 0.1) is 6.61 Å². The van der Waals surface area contributed by atoms with E-state index in [9.17, 15) is 4.79 Å². The van der Waals surface area contributed by atoms with Gasteiger partial charge in [-0.25, -0.2) is 4.79 Å². The number of carbonyl (C=O) groups excluding carboxylic acids is 1. The molecule has 0 saturated heterocycles. The monoisotopic (exact) mass is 202 g/mol. The third kappa shape index (κ3) is 11.2. The first-order valence-corrected chi connectivity index (χ1v) is 5.39. The standard InChI is InChI=1S/C10H22N2O2/c11-8-6-4-2-1-3-5-7-9-14-10(12)13/h1-9,11H2,(H2,12,13). The van der Waals surface area contributed by atoms with Crippen LogP contribution in [0.2, 0.25) is 0 Å². The van der Waals surface area contributed by atoms with Crippen molar-refractivity contribution in [1.29, 1.82) is 0 Å². The molecule has 0 unspecified atom stereocenters. The van der Waals surface area contributed by atoms with E-state index in [2.05, 4.69) is 4.74 Å². The van der Waals surface area contributed by atoms with Crippen LogP contribution in [-0.4, -0.2) is 19.2 Å². The molecular formula is C10H22N2O2. The van der Waals surface area contributed by atoms with Gasteiger partial charge in [0.2, 0.25) is 0 Å². The minimum absolute atomic E-state index is 0.456. The molecule has 0 aliphatic heterocycles. The fraction of sp³-hybridized carbons (Fsp3) is 0.900. The molecule has 0 bridgehead atoms. The molecule has 0 radical (unpaired) electrons. The Morgan fingerprint density at radius 3 is 1.93 bits per heavy atom. The Kier molecular flexibility index (Phi) is 9.74. The van der Waals surface area contributed by atoms with E-state index in [1.807, 2.05) is 0 Å². The van der Waals surface area contributed by atoms with Gasteiger partial charge in [-0.1, -0.05) is 32.1 Å². The van der Waals surface area contributed by atoms with Gasteiger partial charge in [0.1, 0.15) is 0 Å². The van der Waals surface area contributed by atoms with Crippen molar-refractivity contribution < 1.29 is 9.53 Å². The molecule has 0 rings (SSSR count). The number of hydrogen-bond acceptors (Lipinski definition) is 3. The fourth-order valence-corrected chi connectivity index (χ4v) is 1.30. The lowest BCUT2D eigenvalue weighted by atomic mass is 10.1. The Morgan fingerprint density at radius 1 is 0.929 bits per heavy atom. The second-order valence-corrected chi connectivity index (χ2v) is 3.43. The van der Waals surface area contributed by atoms with Crippen molar-refractivity contribution >= 4 is 6.09 Å². The predicted molar refractivity (Wildman–Crippen MR) is 56.9 cm³/mol. The number of ether oxygens (including phenoxy) is 1. The summed E-state index contributed by atoms with van der Waals surface area (Å²) < 4.78 is 4.61. The van der Waals surface area contributed by atoms with E-state index in [0.717, 1.165) is 25.8 Å². The van der Waals surface area contributed by atoms with Crippen LogP contribution in [0.1, 0.15) is 44.9 Å². The zero-order valence-corrected chi connectivity index (χ0v) is 8.84. The highest BCUT2D eigenvalue weighted by molar-refractivity contribution is 5.64. The quantitative estimate of drug-likeness (QED) is 0.559. The van der Waals surface area contributed by atoms with Crippen LogP contribution >= 0.6 is 0 Å². The van der Waals surface area contributed by atoms with Crippen molar-refractivity contribution in [2.45, 2.75) is 44.9 Å². The molecule has 84 valence electrons. The van der Waals surface area contributed by atoms with E-state index in [4.69, 9.17) is 11.5 Å². The van der Waals surface area contributed by atoms with E-state index in [0.29, 0.717) is 6.61 Å². The summed E-state index contributed by atoms with van der Waals surface area (Å²) in [6.07, 6.45) is 7.42. The summed E-state index contributed by atoms with van der Waals surface area (Å²) >= 11 is 0. The first-order valence-electron chi connectivity index (χ1n) is 5.39. The Bertz CT molecular complexity index is 140. The highest BCUT2D eigenvalue weighted by Crippen LogP contribution is 2.06. The van der Waals surface area contributed by atoms with E-state index in [1.165, 1.54) is 25.7 Å². The molecule has 0 aliphatic rings. The van der Waals surface area contributed by atoms with Gasteiger partial charge in [0.25, 0.3) is 0 Å². The van der Waals surface area contributed by atoms with Gasteiger partial charge in [-0.05, 0) is 19.4 Å². The van der Waals surface area contributed by atoms with Crippen LogP contribution in [0.15, 0.2) is 0 Å². The zero-order chi connectivity index (χ0) is 10.6. The fourth-order valence-electron chi connectivity index (χ4n) is 1.30. The molecule has 0 aromatic heterocycles. The van der Waals surface area contributed by atoms with Crippen molar-refractivity contribution in [2.75, 3.05) is 13.2 Å². The summed E-state index contributed by atoms with van der Waals surface area (Å²) in [5.41, 5.74) is 10.2. The molecule has 1 amide bonds. The van der Waals surface area contributed by atoms with Gasteiger partial charge >= 0.3 is 6.09 Å². The van der Waals surface area contributed by atoms with Crippen LogP contribution in [0.4, 0.5) is 4.79 Å². The van der Waals surface area contributed by atoms with Crippen LogP contribution in [0.5, 0.6) is 0 Å². The van der Waals surface area contributed by atoms with Crippen LogP contribution < -0.4 is 11.5 Å². The molecule has 14 heavy (non-hydrogen) atoms. The maximum atomic E-state index is 10.2. The van der Waals surface area contributed by atoms with E-state index < -0.39 is 6.09 Å². The van der Waals surface area contributed by atoms with Crippen LogP contribution in [0.3, 0.4) is 0 Å². The van der Waals surface area contributed by atoms with Crippen molar-refractivity contribution in [3.8, 4) is 0 Å². The second kappa shape index (κ2) is 10.3. The van der Waals surface area contributed by atoms with Gasteiger partial charge < -0.3 is 16.2 Å². The van der Waals surface area contributed by atoms with Crippen molar-refractivity contribution in [2.24, 2.45) is 11.5 Å². The van der Waals surface area contributed by atoms with Gasteiger partial charge in [0, 0.05) is 0 Å². The van der Waals surface area contributed by atoms with Gasteiger partial charge in [-0.2, -0.15) is 0 Å². The average molecular weight is 202 g/mol. The minimum Gasteiger partial charge on any atom is -0.450 e. The molecule has 4 heteroatoms. The number of amides is 1. The van der Waals surface area contributed by atoms with E-state index in [1.54, 1.807) is 0 Å². The molecule has 4 N–H and O–H groups in total. The molecular weight excluding hydrogens is 180 g/mol.